The minimum atomic E-state index is -0.142. The number of hydrogen-bond acceptors (Lipinski definition) is 6. The number of fused-ring (bicyclic) bond motifs is 2. The summed E-state index contributed by atoms with van der Waals surface area (Å²) in [6, 6.07) is 11.2. The van der Waals surface area contributed by atoms with E-state index in [0.717, 1.165) is 28.3 Å². The summed E-state index contributed by atoms with van der Waals surface area (Å²) in [5, 5.41) is 6.31. The number of carbonyl (C=O) groups excluding carboxylic acids is 1. The van der Waals surface area contributed by atoms with Gasteiger partial charge in [-0.05, 0) is 30.7 Å². The normalized spacial score (nSPS) is 15.4. The van der Waals surface area contributed by atoms with Crippen LogP contribution in [0.1, 0.15) is 15.9 Å². The van der Waals surface area contributed by atoms with E-state index in [1.165, 1.54) is 0 Å². The Bertz CT molecular complexity index is 1060. The highest BCUT2D eigenvalue weighted by Crippen LogP contribution is 2.34. The molecule has 3 aromatic rings. The van der Waals surface area contributed by atoms with Crippen LogP contribution in [0.5, 0.6) is 11.5 Å². The number of benzene rings is 2. The van der Waals surface area contributed by atoms with Crippen molar-refractivity contribution in [1.82, 2.24) is 14.9 Å². The summed E-state index contributed by atoms with van der Waals surface area (Å²) in [5.74, 6) is 2.07. The number of aryl methyl sites for hydroxylation is 1. The lowest BCUT2D eigenvalue weighted by Gasteiger charge is -2.27. The Morgan fingerprint density at radius 1 is 1.30 bits per heavy atom. The molecule has 2 aromatic carbocycles. The smallest absolute Gasteiger partial charge is 0.251 e. The fraction of sp³-hybridized carbons (Fsp3) is 0.364. The molecule has 1 amide bonds. The summed E-state index contributed by atoms with van der Waals surface area (Å²) in [6.45, 7) is 1.66. The minimum Gasteiger partial charge on any atom is -0.493 e. The van der Waals surface area contributed by atoms with Crippen LogP contribution in [0.15, 0.2) is 36.4 Å². The maximum Gasteiger partial charge on any atom is 0.251 e. The zero-order valence-electron chi connectivity index (χ0n) is 17.4. The average molecular weight is 410 g/mol. The summed E-state index contributed by atoms with van der Waals surface area (Å²) in [6.07, 6.45) is 0.692. The minimum absolute atomic E-state index is 0.109. The van der Waals surface area contributed by atoms with Crippen molar-refractivity contribution in [1.29, 1.82) is 0 Å². The van der Waals surface area contributed by atoms with Crippen molar-refractivity contribution in [2.24, 2.45) is 7.05 Å². The van der Waals surface area contributed by atoms with Crippen molar-refractivity contribution >= 4 is 22.9 Å². The van der Waals surface area contributed by atoms with Crippen molar-refractivity contribution in [3.63, 3.8) is 0 Å². The van der Waals surface area contributed by atoms with Gasteiger partial charge in [0.2, 0.25) is 5.95 Å². The number of hydrogen-bond donors (Lipinski definition) is 2. The van der Waals surface area contributed by atoms with Gasteiger partial charge in [0.25, 0.3) is 5.91 Å². The number of aromatic nitrogens is 2. The van der Waals surface area contributed by atoms with Gasteiger partial charge in [0, 0.05) is 31.8 Å². The topological polar surface area (TPSA) is 86.6 Å². The van der Waals surface area contributed by atoms with Gasteiger partial charge in [-0.2, -0.15) is 0 Å². The molecule has 8 heteroatoms. The first-order valence-corrected chi connectivity index (χ1v) is 9.89. The second kappa shape index (κ2) is 8.62. The van der Waals surface area contributed by atoms with Crippen LogP contribution in [0, 0.1) is 0 Å². The SMILES string of the molecule is COCCNc1nc2cc(C(=O)N[C@@H]3COc4c(cccc4OC)C3)ccc2n1C. The predicted octanol–water partition coefficient (Wildman–Crippen LogP) is 2.37. The maximum absolute atomic E-state index is 12.8. The Morgan fingerprint density at radius 3 is 2.97 bits per heavy atom. The molecule has 0 saturated carbocycles. The number of para-hydroxylation sites is 1. The molecule has 0 fully saturated rings. The summed E-state index contributed by atoms with van der Waals surface area (Å²) in [5.41, 5.74) is 3.31. The lowest BCUT2D eigenvalue weighted by atomic mass is 10.0. The first kappa shape index (κ1) is 20.0. The number of anilines is 1. The van der Waals surface area contributed by atoms with E-state index in [0.29, 0.717) is 37.5 Å². The largest absolute Gasteiger partial charge is 0.493 e. The van der Waals surface area contributed by atoms with E-state index in [4.69, 9.17) is 14.2 Å². The van der Waals surface area contributed by atoms with Gasteiger partial charge >= 0.3 is 0 Å². The Labute approximate surface area is 175 Å². The highest BCUT2D eigenvalue weighted by atomic mass is 16.5. The van der Waals surface area contributed by atoms with Gasteiger partial charge in [-0.3, -0.25) is 4.79 Å². The Morgan fingerprint density at radius 2 is 2.17 bits per heavy atom. The number of methoxy groups -OCH3 is 2. The fourth-order valence-electron chi connectivity index (χ4n) is 3.68. The van der Waals surface area contributed by atoms with Gasteiger partial charge in [-0.25, -0.2) is 4.98 Å². The van der Waals surface area contributed by atoms with E-state index in [9.17, 15) is 4.79 Å². The Balaban J connectivity index is 1.47. The van der Waals surface area contributed by atoms with E-state index in [1.54, 1.807) is 14.2 Å². The van der Waals surface area contributed by atoms with E-state index < -0.39 is 0 Å². The molecule has 158 valence electrons. The third-order valence-electron chi connectivity index (χ3n) is 5.24. The lowest BCUT2D eigenvalue weighted by molar-refractivity contribution is 0.0914. The summed E-state index contributed by atoms with van der Waals surface area (Å²) in [7, 11) is 5.22. The van der Waals surface area contributed by atoms with Gasteiger partial charge in [-0.15, -0.1) is 0 Å². The molecule has 2 N–H and O–H groups in total. The quantitative estimate of drug-likeness (QED) is 0.582. The molecule has 0 aliphatic carbocycles. The van der Waals surface area contributed by atoms with Crippen LogP contribution in [0.2, 0.25) is 0 Å². The van der Waals surface area contributed by atoms with Crippen molar-refractivity contribution in [3.05, 3.63) is 47.5 Å². The molecule has 1 aliphatic heterocycles. The molecule has 1 aromatic heterocycles. The molecule has 30 heavy (non-hydrogen) atoms. The van der Waals surface area contributed by atoms with Crippen molar-refractivity contribution in [2.45, 2.75) is 12.5 Å². The number of carbonyl (C=O) groups is 1. The summed E-state index contributed by atoms with van der Waals surface area (Å²) < 4.78 is 18.2. The van der Waals surface area contributed by atoms with Gasteiger partial charge in [-0.1, -0.05) is 12.1 Å². The number of ether oxygens (including phenoxy) is 3. The van der Waals surface area contributed by atoms with E-state index in [1.807, 2.05) is 48.0 Å². The third kappa shape index (κ3) is 3.91. The average Bonchev–Trinajstić information content (AvgIpc) is 3.08. The molecular weight excluding hydrogens is 384 g/mol. The number of nitrogens with one attached hydrogen (secondary N) is 2. The molecule has 0 spiro atoms. The van der Waals surface area contributed by atoms with Crippen LogP contribution in [0.4, 0.5) is 5.95 Å². The molecular formula is C22H26N4O4. The van der Waals surface area contributed by atoms with E-state index in [2.05, 4.69) is 15.6 Å². The predicted molar refractivity (Wildman–Crippen MR) is 115 cm³/mol. The van der Waals surface area contributed by atoms with Crippen LogP contribution in [0.25, 0.3) is 11.0 Å². The first-order chi connectivity index (χ1) is 14.6. The second-order valence-electron chi connectivity index (χ2n) is 7.25. The Hall–Kier alpha value is -3.26. The lowest BCUT2D eigenvalue weighted by Crippen LogP contribution is -2.42. The molecule has 0 bridgehead atoms. The van der Waals surface area contributed by atoms with Crippen LogP contribution >= 0.6 is 0 Å². The van der Waals surface area contributed by atoms with Crippen molar-refractivity contribution < 1.29 is 19.0 Å². The fourth-order valence-corrected chi connectivity index (χ4v) is 3.68. The third-order valence-corrected chi connectivity index (χ3v) is 5.24. The number of amides is 1. The van der Waals surface area contributed by atoms with Crippen molar-refractivity contribution in [2.75, 3.05) is 39.3 Å². The molecule has 4 rings (SSSR count). The molecule has 1 aliphatic rings. The molecule has 0 saturated heterocycles. The zero-order valence-corrected chi connectivity index (χ0v) is 17.4. The van der Waals surface area contributed by atoms with Crippen LogP contribution in [0.3, 0.4) is 0 Å². The molecule has 2 heterocycles. The van der Waals surface area contributed by atoms with Gasteiger partial charge in [0.15, 0.2) is 11.5 Å². The van der Waals surface area contributed by atoms with Crippen LogP contribution < -0.4 is 20.1 Å². The maximum atomic E-state index is 12.8. The monoisotopic (exact) mass is 410 g/mol. The van der Waals surface area contributed by atoms with Gasteiger partial charge < -0.3 is 29.4 Å². The van der Waals surface area contributed by atoms with E-state index >= 15 is 0 Å². The van der Waals surface area contributed by atoms with Crippen LogP contribution in [-0.4, -0.2) is 55.5 Å². The van der Waals surface area contributed by atoms with Gasteiger partial charge in [0.05, 0.1) is 30.8 Å². The number of nitrogens with zero attached hydrogens (tertiary/aromatic N) is 2. The molecule has 0 unspecified atom stereocenters. The summed E-state index contributed by atoms with van der Waals surface area (Å²) >= 11 is 0. The number of imidazole rings is 1. The van der Waals surface area contributed by atoms with Crippen molar-refractivity contribution in [3.8, 4) is 11.5 Å². The first-order valence-electron chi connectivity index (χ1n) is 9.89. The van der Waals surface area contributed by atoms with E-state index in [-0.39, 0.29) is 11.9 Å². The molecule has 8 nitrogen and oxygen atoms in total. The van der Waals surface area contributed by atoms with Crippen LogP contribution in [-0.2, 0) is 18.2 Å². The summed E-state index contributed by atoms with van der Waals surface area (Å²) in [4.78, 5) is 17.4. The Kier molecular flexibility index (Phi) is 5.76. The highest BCUT2D eigenvalue weighted by molar-refractivity contribution is 5.98. The molecule has 1 atom stereocenters. The number of rotatable bonds is 7. The highest BCUT2D eigenvalue weighted by Gasteiger charge is 2.24. The molecule has 0 radical (unpaired) electrons. The zero-order chi connectivity index (χ0) is 21.1. The standard InChI is InChI=1S/C22H26N4O4/c1-26-18-8-7-15(12-17(18)25-22(26)23-9-10-28-2)21(27)24-16-11-14-5-4-6-19(29-3)20(14)30-13-16/h4-8,12,16H,9-11,13H2,1-3H3,(H,23,25)(H,24,27)/t16-/m0/s1. The van der Waals surface area contributed by atoms with Gasteiger partial charge in [0.1, 0.15) is 6.61 Å². The second-order valence-corrected chi connectivity index (χ2v) is 7.25.